The van der Waals surface area contributed by atoms with E-state index >= 15 is 0 Å². The van der Waals surface area contributed by atoms with Gasteiger partial charge in [-0.1, -0.05) is 36.4 Å². The standard InChI is InChI=1S/C26H26N6O/c1-17-29-30-25-24(28-26(33)19-13-15-20(16-14-19)31(2)3)27-23(18-9-5-4-6-10-18)21-11-7-8-12-22(21)32(17)25/h4-5,7-9,11-16,24H,6,10H2,1-3H3,(H,28,33). The normalized spacial score (nSPS) is 16.8. The fourth-order valence-corrected chi connectivity index (χ4v) is 4.25. The predicted molar refractivity (Wildman–Crippen MR) is 130 cm³/mol. The highest BCUT2D eigenvalue weighted by molar-refractivity contribution is 6.15. The molecule has 1 N–H and O–H groups in total. The summed E-state index contributed by atoms with van der Waals surface area (Å²) in [6.07, 6.45) is 7.53. The number of aliphatic imine (C=N–C) groups is 1. The molecule has 0 fully saturated rings. The van der Waals surface area contributed by atoms with E-state index in [4.69, 9.17) is 4.99 Å². The Morgan fingerprint density at radius 1 is 1.09 bits per heavy atom. The first-order valence-electron chi connectivity index (χ1n) is 11.1. The number of hydrogen-bond donors (Lipinski definition) is 1. The Morgan fingerprint density at radius 2 is 1.88 bits per heavy atom. The van der Waals surface area contributed by atoms with Crippen LogP contribution in [-0.2, 0) is 0 Å². The van der Waals surface area contributed by atoms with Crippen LogP contribution < -0.4 is 10.2 Å². The minimum absolute atomic E-state index is 0.205. The molecule has 166 valence electrons. The highest BCUT2D eigenvalue weighted by Crippen LogP contribution is 2.31. The quantitative estimate of drug-likeness (QED) is 0.664. The average molecular weight is 439 g/mol. The molecule has 0 spiro atoms. The van der Waals surface area contributed by atoms with Gasteiger partial charge in [0.15, 0.2) is 12.0 Å². The van der Waals surface area contributed by atoms with Gasteiger partial charge in [-0.2, -0.15) is 0 Å². The molecule has 1 amide bonds. The predicted octanol–water partition coefficient (Wildman–Crippen LogP) is 4.15. The molecule has 0 bridgehead atoms. The Kier molecular flexibility index (Phi) is 5.38. The molecular weight excluding hydrogens is 412 g/mol. The Hall–Kier alpha value is -4.00. The zero-order valence-electron chi connectivity index (χ0n) is 19.0. The summed E-state index contributed by atoms with van der Waals surface area (Å²) in [4.78, 5) is 20.3. The van der Waals surface area contributed by atoms with Crippen LogP contribution in [0.1, 0.15) is 46.6 Å². The first-order chi connectivity index (χ1) is 16.0. The van der Waals surface area contributed by atoms with Crippen molar-refractivity contribution in [2.24, 2.45) is 4.99 Å². The third-order valence-corrected chi connectivity index (χ3v) is 5.98. The van der Waals surface area contributed by atoms with Crippen LogP contribution >= 0.6 is 0 Å². The highest BCUT2D eigenvalue weighted by Gasteiger charge is 2.29. The minimum Gasteiger partial charge on any atom is -0.378 e. The first kappa shape index (κ1) is 20.9. The summed E-state index contributed by atoms with van der Waals surface area (Å²) in [5.41, 5.74) is 5.61. The summed E-state index contributed by atoms with van der Waals surface area (Å²) in [5, 5.41) is 11.8. The van der Waals surface area contributed by atoms with Crippen molar-refractivity contribution in [3.05, 3.63) is 95.1 Å². The van der Waals surface area contributed by atoms with Crippen LogP contribution in [0.4, 0.5) is 5.69 Å². The molecule has 0 radical (unpaired) electrons. The molecule has 7 heteroatoms. The first-order valence-corrected chi connectivity index (χ1v) is 11.1. The monoisotopic (exact) mass is 438 g/mol. The summed E-state index contributed by atoms with van der Waals surface area (Å²) in [6, 6.07) is 15.6. The van der Waals surface area contributed by atoms with Crippen LogP contribution in [-0.4, -0.2) is 40.5 Å². The van der Waals surface area contributed by atoms with Crippen molar-refractivity contribution in [3.8, 4) is 5.69 Å². The van der Waals surface area contributed by atoms with Gasteiger partial charge in [0.05, 0.1) is 11.4 Å². The van der Waals surface area contributed by atoms with Crippen molar-refractivity contribution in [2.75, 3.05) is 19.0 Å². The van der Waals surface area contributed by atoms with E-state index < -0.39 is 6.17 Å². The van der Waals surface area contributed by atoms with E-state index in [1.165, 1.54) is 0 Å². The molecule has 33 heavy (non-hydrogen) atoms. The van der Waals surface area contributed by atoms with Gasteiger partial charge in [0.1, 0.15) is 5.82 Å². The van der Waals surface area contributed by atoms with E-state index in [1.54, 1.807) is 0 Å². The number of rotatable bonds is 4. The smallest absolute Gasteiger partial charge is 0.253 e. The summed E-state index contributed by atoms with van der Waals surface area (Å²) >= 11 is 0. The number of nitrogens with zero attached hydrogens (tertiary/aromatic N) is 5. The van der Waals surface area contributed by atoms with Crippen molar-refractivity contribution in [1.29, 1.82) is 0 Å². The molecule has 1 atom stereocenters. The highest BCUT2D eigenvalue weighted by atomic mass is 16.1. The molecule has 2 aromatic carbocycles. The van der Waals surface area contributed by atoms with E-state index in [0.717, 1.165) is 46.9 Å². The molecule has 1 aliphatic heterocycles. The molecule has 3 aromatic rings. The van der Waals surface area contributed by atoms with Crippen molar-refractivity contribution < 1.29 is 4.79 Å². The van der Waals surface area contributed by atoms with Crippen molar-refractivity contribution in [2.45, 2.75) is 25.9 Å². The van der Waals surface area contributed by atoms with Gasteiger partial charge < -0.3 is 10.2 Å². The molecular formula is C26H26N6O. The molecule has 1 aromatic heterocycles. The fraction of sp³-hybridized carbons (Fsp3) is 0.231. The zero-order chi connectivity index (χ0) is 22.9. The van der Waals surface area contributed by atoms with Gasteiger partial charge in [-0.25, -0.2) is 0 Å². The molecule has 1 aliphatic carbocycles. The molecule has 1 unspecified atom stereocenters. The van der Waals surface area contributed by atoms with Crippen LogP contribution in [0.2, 0.25) is 0 Å². The van der Waals surface area contributed by atoms with E-state index in [-0.39, 0.29) is 5.91 Å². The maximum absolute atomic E-state index is 13.2. The van der Waals surface area contributed by atoms with E-state index in [2.05, 4.69) is 39.8 Å². The Balaban J connectivity index is 1.59. The lowest BCUT2D eigenvalue weighted by molar-refractivity contribution is 0.0936. The maximum Gasteiger partial charge on any atom is 0.253 e. The summed E-state index contributed by atoms with van der Waals surface area (Å²) in [7, 11) is 3.94. The molecule has 2 aliphatic rings. The third kappa shape index (κ3) is 3.86. The van der Waals surface area contributed by atoms with Crippen LogP contribution in [0.15, 0.2) is 77.3 Å². The Morgan fingerprint density at radius 3 is 2.61 bits per heavy atom. The Bertz CT molecular complexity index is 1300. The average Bonchev–Trinajstić information content (AvgIpc) is 3.16. The van der Waals surface area contributed by atoms with Crippen LogP contribution in [0.25, 0.3) is 5.69 Å². The van der Waals surface area contributed by atoms with Crippen LogP contribution in [0.5, 0.6) is 0 Å². The largest absolute Gasteiger partial charge is 0.378 e. The number of aryl methyl sites for hydroxylation is 1. The number of amides is 1. The van der Waals surface area contributed by atoms with E-state index in [1.807, 2.05) is 73.0 Å². The molecule has 5 rings (SSSR count). The number of aromatic nitrogens is 3. The van der Waals surface area contributed by atoms with Crippen molar-refractivity contribution in [1.82, 2.24) is 20.1 Å². The summed E-state index contributed by atoms with van der Waals surface area (Å²) in [5.74, 6) is 1.14. The van der Waals surface area contributed by atoms with Crippen molar-refractivity contribution >= 4 is 17.3 Å². The number of fused-ring (bicyclic) bond motifs is 3. The molecule has 0 saturated heterocycles. The van der Waals surface area contributed by atoms with Gasteiger partial charge in [0.25, 0.3) is 5.91 Å². The van der Waals surface area contributed by atoms with Crippen molar-refractivity contribution in [3.63, 3.8) is 0 Å². The topological polar surface area (TPSA) is 75.4 Å². The number of carbonyl (C=O) groups is 1. The van der Waals surface area contributed by atoms with Gasteiger partial charge in [-0.3, -0.25) is 14.4 Å². The fourth-order valence-electron chi connectivity index (χ4n) is 4.25. The molecule has 0 saturated carbocycles. The minimum atomic E-state index is -0.665. The van der Waals surface area contributed by atoms with Gasteiger partial charge in [0, 0.05) is 30.9 Å². The second-order valence-corrected chi connectivity index (χ2v) is 8.41. The Labute approximate surface area is 193 Å². The summed E-state index contributed by atoms with van der Waals surface area (Å²) < 4.78 is 1.99. The number of para-hydroxylation sites is 1. The SMILES string of the molecule is Cc1nnc2n1-c1ccccc1C(C1=CC=CCC1)=NC2NC(=O)c1ccc(N(C)C)cc1. The number of hydrogen-bond acceptors (Lipinski definition) is 5. The van der Waals surface area contributed by atoms with Gasteiger partial charge >= 0.3 is 0 Å². The number of carbonyl (C=O) groups excluding carboxylic acids is 1. The lowest BCUT2D eigenvalue weighted by Gasteiger charge is -2.16. The lowest BCUT2D eigenvalue weighted by Crippen LogP contribution is -2.29. The van der Waals surface area contributed by atoms with Crippen LogP contribution in [0, 0.1) is 6.92 Å². The number of nitrogens with one attached hydrogen (secondary N) is 1. The van der Waals surface area contributed by atoms with Crippen LogP contribution in [0.3, 0.4) is 0 Å². The zero-order valence-corrected chi connectivity index (χ0v) is 19.0. The van der Waals surface area contributed by atoms with Gasteiger partial charge in [-0.15, -0.1) is 10.2 Å². The molecule has 7 nitrogen and oxygen atoms in total. The second kappa shape index (κ2) is 8.50. The van der Waals surface area contributed by atoms with Gasteiger partial charge in [0.2, 0.25) is 0 Å². The maximum atomic E-state index is 13.2. The van der Waals surface area contributed by atoms with E-state index in [9.17, 15) is 4.79 Å². The van der Waals surface area contributed by atoms with E-state index in [0.29, 0.717) is 11.4 Å². The lowest BCUT2D eigenvalue weighted by atomic mass is 9.94. The number of allylic oxidation sites excluding steroid dienone is 4. The second-order valence-electron chi connectivity index (χ2n) is 8.41. The number of benzene rings is 2. The number of anilines is 1. The summed E-state index contributed by atoms with van der Waals surface area (Å²) in [6.45, 7) is 1.92. The van der Waals surface area contributed by atoms with Gasteiger partial charge in [-0.05, 0) is 55.7 Å². The third-order valence-electron chi connectivity index (χ3n) is 5.98. The molecule has 2 heterocycles.